The van der Waals surface area contributed by atoms with Crippen molar-refractivity contribution in [3.63, 3.8) is 0 Å². The number of rotatable bonds is 7. The highest BCUT2D eigenvalue weighted by Crippen LogP contribution is 2.12. The molecule has 132 valence electrons. The van der Waals surface area contributed by atoms with E-state index >= 15 is 0 Å². The molecule has 25 heavy (non-hydrogen) atoms. The minimum absolute atomic E-state index is 0.266. The normalized spacial score (nSPS) is 10.0. The number of hydrogen-bond acceptors (Lipinski definition) is 4. The second-order valence-electron chi connectivity index (χ2n) is 5.39. The van der Waals surface area contributed by atoms with Crippen LogP contribution in [0, 0.1) is 0 Å². The summed E-state index contributed by atoms with van der Waals surface area (Å²) in [6, 6.07) is 14.9. The van der Waals surface area contributed by atoms with Gasteiger partial charge in [0.2, 0.25) is 0 Å². The number of carbonyl (C=O) groups excluding carboxylic acids is 2. The molecule has 0 unspecified atom stereocenters. The van der Waals surface area contributed by atoms with Crippen molar-refractivity contribution in [3.05, 3.63) is 59.7 Å². The number of hydrogen-bond donors (Lipinski definition) is 2. The largest absolute Gasteiger partial charge is 0.497 e. The SMILES string of the molecule is COc1ccc(CCNC(=O)C(=O)NCc2cccc(OC)c2)cc1. The third kappa shape index (κ3) is 5.84. The van der Waals surface area contributed by atoms with E-state index in [1.165, 1.54) is 0 Å². The van der Waals surface area contributed by atoms with Crippen molar-refractivity contribution in [1.82, 2.24) is 10.6 Å². The summed E-state index contributed by atoms with van der Waals surface area (Å²) >= 11 is 0. The molecule has 0 bridgehead atoms. The average Bonchev–Trinajstić information content (AvgIpc) is 2.66. The van der Waals surface area contributed by atoms with Crippen molar-refractivity contribution in [2.45, 2.75) is 13.0 Å². The Labute approximate surface area is 147 Å². The van der Waals surface area contributed by atoms with E-state index in [0.717, 1.165) is 16.9 Å². The summed E-state index contributed by atoms with van der Waals surface area (Å²) in [5, 5.41) is 5.20. The summed E-state index contributed by atoms with van der Waals surface area (Å²) in [5.41, 5.74) is 1.91. The maximum absolute atomic E-state index is 11.8. The van der Waals surface area contributed by atoms with Crippen molar-refractivity contribution in [2.24, 2.45) is 0 Å². The van der Waals surface area contributed by atoms with E-state index in [2.05, 4.69) is 10.6 Å². The Hall–Kier alpha value is -3.02. The van der Waals surface area contributed by atoms with Crippen molar-refractivity contribution < 1.29 is 19.1 Å². The molecule has 2 N–H and O–H groups in total. The molecule has 0 fully saturated rings. The molecule has 6 nitrogen and oxygen atoms in total. The lowest BCUT2D eigenvalue weighted by Crippen LogP contribution is -2.40. The molecular formula is C19H22N2O4. The Balaban J connectivity index is 1.73. The van der Waals surface area contributed by atoms with Gasteiger partial charge in [-0.2, -0.15) is 0 Å². The molecule has 6 heteroatoms. The molecule has 2 aromatic carbocycles. The molecule has 0 aromatic heterocycles. The fourth-order valence-corrected chi connectivity index (χ4v) is 2.24. The molecule has 2 aromatic rings. The second kappa shape index (κ2) is 9.32. The van der Waals surface area contributed by atoms with Crippen LogP contribution in [0.25, 0.3) is 0 Å². The van der Waals surface area contributed by atoms with Gasteiger partial charge in [0.05, 0.1) is 14.2 Å². The number of methoxy groups -OCH3 is 2. The maximum Gasteiger partial charge on any atom is 0.309 e. The van der Waals surface area contributed by atoms with Gasteiger partial charge in [-0.1, -0.05) is 24.3 Å². The highest BCUT2D eigenvalue weighted by Gasteiger charge is 2.12. The summed E-state index contributed by atoms with van der Waals surface area (Å²) in [6.45, 7) is 0.652. The van der Waals surface area contributed by atoms with Crippen molar-refractivity contribution >= 4 is 11.8 Å². The first-order chi connectivity index (χ1) is 12.1. The molecule has 0 aliphatic carbocycles. The first-order valence-corrected chi connectivity index (χ1v) is 7.94. The molecule has 0 aliphatic heterocycles. The lowest BCUT2D eigenvalue weighted by molar-refractivity contribution is -0.139. The zero-order valence-electron chi connectivity index (χ0n) is 14.4. The van der Waals surface area contributed by atoms with Crippen LogP contribution in [0.3, 0.4) is 0 Å². The second-order valence-corrected chi connectivity index (χ2v) is 5.39. The summed E-state index contributed by atoms with van der Waals surface area (Å²) in [4.78, 5) is 23.6. The van der Waals surface area contributed by atoms with Crippen LogP contribution in [0.15, 0.2) is 48.5 Å². The number of carbonyl (C=O) groups is 2. The van der Waals surface area contributed by atoms with Crippen LogP contribution in [0.1, 0.15) is 11.1 Å². The van der Waals surface area contributed by atoms with Gasteiger partial charge in [-0.3, -0.25) is 9.59 Å². The van der Waals surface area contributed by atoms with Gasteiger partial charge in [-0.05, 0) is 41.8 Å². The highest BCUT2D eigenvalue weighted by molar-refractivity contribution is 6.35. The molecule has 0 spiro atoms. The lowest BCUT2D eigenvalue weighted by atomic mass is 10.1. The molecule has 0 atom stereocenters. The zero-order chi connectivity index (χ0) is 18.1. The van der Waals surface area contributed by atoms with E-state index in [1.807, 2.05) is 48.5 Å². The van der Waals surface area contributed by atoms with E-state index in [0.29, 0.717) is 18.7 Å². The zero-order valence-corrected chi connectivity index (χ0v) is 14.4. The van der Waals surface area contributed by atoms with Crippen LogP contribution in [-0.2, 0) is 22.6 Å². The fraction of sp³-hybridized carbons (Fsp3) is 0.263. The van der Waals surface area contributed by atoms with Gasteiger partial charge in [0.15, 0.2) is 0 Å². The van der Waals surface area contributed by atoms with Gasteiger partial charge < -0.3 is 20.1 Å². The molecule has 0 saturated carbocycles. The van der Waals surface area contributed by atoms with Crippen LogP contribution in [0.2, 0.25) is 0 Å². The van der Waals surface area contributed by atoms with E-state index in [-0.39, 0.29) is 6.54 Å². The van der Waals surface area contributed by atoms with E-state index in [1.54, 1.807) is 14.2 Å². The highest BCUT2D eigenvalue weighted by atomic mass is 16.5. The first kappa shape index (κ1) is 18.3. The molecule has 0 heterocycles. The molecule has 0 radical (unpaired) electrons. The Bertz CT molecular complexity index is 714. The minimum atomic E-state index is -0.655. The number of amides is 2. The smallest absolute Gasteiger partial charge is 0.309 e. The average molecular weight is 342 g/mol. The number of ether oxygens (including phenoxy) is 2. The van der Waals surface area contributed by atoms with Crippen LogP contribution in [-0.4, -0.2) is 32.6 Å². The van der Waals surface area contributed by atoms with Gasteiger partial charge in [0, 0.05) is 13.1 Å². The summed E-state index contributed by atoms with van der Waals surface area (Å²) < 4.78 is 10.2. The number of nitrogens with one attached hydrogen (secondary N) is 2. The Kier molecular flexibility index (Phi) is 6.83. The van der Waals surface area contributed by atoms with Gasteiger partial charge in [-0.15, -0.1) is 0 Å². The Morgan fingerprint density at radius 3 is 2.20 bits per heavy atom. The third-order valence-corrected chi connectivity index (χ3v) is 3.65. The predicted molar refractivity (Wildman–Crippen MR) is 94.5 cm³/mol. The van der Waals surface area contributed by atoms with Crippen molar-refractivity contribution in [3.8, 4) is 11.5 Å². The van der Waals surface area contributed by atoms with Crippen LogP contribution < -0.4 is 20.1 Å². The predicted octanol–water partition coefficient (Wildman–Crippen LogP) is 1.68. The monoisotopic (exact) mass is 342 g/mol. The summed E-state index contributed by atoms with van der Waals surface area (Å²) in [7, 11) is 3.19. The van der Waals surface area contributed by atoms with E-state index < -0.39 is 11.8 Å². The molecule has 2 rings (SSSR count). The lowest BCUT2D eigenvalue weighted by Gasteiger charge is -2.08. The Morgan fingerprint density at radius 1 is 0.840 bits per heavy atom. The molecular weight excluding hydrogens is 320 g/mol. The minimum Gasteiger partial charge on any atom is -0.497 e. The fourth-order valence-electron chi connectivity index (χ4n) is 2.24. The van der Waals surface area contributed by atoms with Gasteiger partial charge >= 0.3 is 11.8 Å². The molecule has 0 saturated heterocycles. The van der Waals surface area contributed by atoms with Gasteiger partial charge in [-0.25, -0.2) is 0 Å². The number of benzene rings is 2. The standard InChI is InChI=1S/C19H22N2O4/c1-24-16-8-6-14(7-9-16)10-11-20-18(22)19(23)21-13-15-4-3-5-17(12-15)25-2/h3-9,12H,10-11,13H2,1-2H3,(H,20,22)(H,21,23). The summed E-state index contributed by atoms with van der Waals surface area (Å²) in [6.07, 6.45) is 0.638. The maximum atomic E-state index is 11.8. The topological polar surface area (TPSA) is 76.7 Å². The summed E-state index contributed by atoms with van der Waals surface area (Å²) in [5.74, 6) is 0.189. The van der Waals surface area contributed by atoms with Gasteiger partial charge in [0.25, 0.3) is 0 Å². The van der Waals surface area contributed by atoms with Crippen molar-refractivity contribution in [2.75, 3.05) is 20.8 Å². The molecule has 0 aliphatic rings. The van der Waals surface area contributed by atoms with E-state index in [9.17, 15) is 9.59 Å². The molecule has 2 amide bonds. The quantitative estimate of drug-likeness (QED) is 0.751. The van der Waals surface area contributed by atoms with Crippen LogP contribution in [0.5, 0.6) is 11.5 Å². The van der Waals surface area contributed by atoms with Crippen LogP contribution >= 0.6 is 0 Å². The van der Waals surface area contributed by atoms with Crippen molar-refractivity contribution in [1.29, 1.82) is 0 Å². The van der Waals surface area contributed by atoms with E-state index in [4.69, 9.17) is 9.47 Å². The Morgan fingerprint density at radius 2 is 1.52 bits per heavy atom. The van der Waals surface area contributed by atoms with Gasteiger partial charge in [0.1, 0.15) is 11.5 Å². The van der Waals surface area contributed by atoms with Crippen LogP contribution in [0.4, 0.5) is 0 Å². The third-order valence-electron chi connectivity index (χ3n) is 3.65. The first-order valence-electron chi connectivity index (χ1n) is 7.94.